The fourth-order valence-corrected chi connectivity index (χ4v) is 2.04. The first-order chi connectivity index (χ1) is 11.0. The number of hydrogen-bond acceptors (Lipinski definition) is 3. The average Bonchev–Trinajstić information content (AvgIpc) is 2.87. The molecule has 1 aromatic heterocycles. The number of aryl methyl sites for hydroxylation is 2. The maximum Gasteiger partial charge on any atom is 0.393 e. The Kier molecular flexibility index (Phi) is 10.1. The Hall–Kier alpha value is -1.16. The number of rotatable bonds is 9. The second-order valence-corrected chi connectivity index (χ2v) is 6.85. The molecule has 24 heavy (non-hydrogen) atoms. The van der Waals surface area contributed by atoms with Crippen molar-refractivity contribution in [1.29, 1.82) is 0 Å². The van der Waals surface area contributed by atoms with Crippen LogP contribution in [0.4, 0.5) is 17.6 Å². The van der Waals surface area contributed by atoms with E-state index in [4.69, 9.17) is 0 Å². The molecule has 0 aromatic carbocycles. The predicted octanol–water partition coefficient (Wildman–Crippen LogP) is 3.06. The molecule has 5 nitrogen and oxygen atoms in total. The molecule has 0 fully saturated rings. The minimum Gasteiger partial charge on any atom is -0.743 e. The summed E-state index contributed by atoms with van der Waals surface area (Å²) in [5.74, 6) is 0. The van der Waals surface area contributed by atoms with E-state index in [-0.39, 0.29) is 0 Å². The van der Waals surface area contributed by atoms with E-state index in [0.717, 1.165) is 0 Å². The maximum atomic E-state index is 11.4. The number of alkyl halides is 4. The first-order valence-corrected chi connectivity index (χ1v) is 9.05. The van der Waals surface area contributed by atoms with Gasteiger partial charge in [-0.1, -0.05) is 32.6 Å². The van der Waals surface area contributed by atoms with Crippen LogP contribution in [-0.2, 0) is 23.7 Å². The maximum absolute atomic E-state index is 11.4. The van der Waals surface area contributed by atoms with Gasteiger partial charge in [0.1, 0.15) is 12.4 Å². The van der Waals surface area contributed by atoms with Crippen molar-refractivity contribution in [2.24, 2.45) is 7.05 Å². The molecular weight excluding hydrogens is 352 g/mol. The number of unbranched alkanes of at least 4 members (excludes halogenated alkanes) is 5. The highest BCUT2D eigenvalue weighted by Crippen LogP contribution is 2.27. The Balaban J connectivity index is 0.000000470. The van der Waals surface area contributed by atoms with Crippen LogP contribution in [0.2, 0.25) is 0 Å². The normalized spacial score (nSPS) is 12.2. The van der Waals surface area contributed by atoms with Crippen molar-refractivity contribution in [3.63, 3.8) is 0 Å². The lowest BCUT2D eigenvalue weighted by atomic mass is 10.1. The van der Waals surface area contributed by atoms with Crippen molar-refractivity contribution < 1.29 is 35.1 Å². The van der Waals surface area contributed by atoms with Gasteiger partial charge in [-0.3, -0.25) is 0 Å². The molecule has 0 radical (unpaired) electrons. The van der Waals surface area contributed by atoms with E-state index >= 15 is 0 Å². The molecule has 0 atom stereocenters. The molecule has 142 valence electrons. The van der Waals surface area contributed by atoms with Gasteiger partial charge in [0.25, 0.3) is 0 Å². The van der Waals surface area contributed by atoms with Crippen molar-refractivity contribution in [3.8, 4) is 0 Å². The molecule has 0 spiro atoms. The monoisotopic (exact) mass is 376 g/mol. The average molecular weight is 376 g/mol. The van der Waals surface area contributed by atoms with Crippen LogP contribution < -0.4 is 4.57 Å². The molecule has 0 N–H and O–H groups in total. The zero-order valence-corrected chi connectivity index (χ0v) is 14.6. The summed E-state index contributed by atoms with van der Waals surface area (Å²) in [6, 6.07) is 0. The fraction of sp³-hybridized carbons (Fsp3) is 0.786. The molecule has 10 heteroatoms. The molecular formula is C14H24F4N2O3S. The van der Waals surface area contributed by atoms with Crippen LogP contribution in [-0.4, -0.2) is 29.2 Å². The summed E-state index contributed by atoms with van der Waals surface area (Å²) >= 11 is 0. The van der Waals surface area contributed by atoms with Crippen molar-refractivity contribution in [1.82, 2.24) is 4.57 Å². The van der Waals surface area contributed by atoms with Gasteiger partial charge in [0.15, 0.2) is 10.1 Å². The zero-order valence-electron chi connectivity index (χ0n) is 13.8. The first-order valence-electron chi connectivity index (χ1n) is 7.64. The van der Waals surface area contributed by atoms with Gasteiger partial charge in [-0.15, -0.1) is 0 Å². The van der Waals surface area contributed by atoms with E-state index in [1.54, 1.807) is 0 Å². The minimum absolute atomic E-state index is 1.17. The highest BCUT2D eigenvalue weighted by Gasteiger charge is 2.48. The van der Waals surface area contributed by atoms with Gasteiger partial charge >= 0.3 is 11.7 Å². The lowest BCUT2D eigenvalue weighted by Crippen LogP contribution is -2.36. The molecule has 1 aromatic rings. The second-order valence-electron chi connectivity index (χ2n) is 5.40. The van der Waals surface area contributed by atoms with Gasteiger partial charge in [-0.05, 0) is 12.8 Å². The predicted molar refractivity (Wildman–Crippen MR) is 79.6 cm³/mol. The van der Waals surface area contributed by atoms with Crippen LogP contribution in [0.1, 0.15) is 45.4 Å². The summed E-state index contributed by atoms with van der Waals surface area (Å²) in [4.78, 5) is 0. The molecule has 0 amide bonds. The first kappa shape index (κ1) is 22.8. The molecule has 0 saturated heterocycles. The summed E-state index contributed by atoms with van der Waals surface area (Å²) < 4.78 is 77.0. The third kappa shape index (κ3) is 8.62. The van der Waals surface area contributed by atoms with E-state index in [2.05, 4.69) is 41.8 Å². The molecule has 0 aliphatic rings. The summed E-state index contributed by atoms with van der Waals surface area (Å²) in [7, 11) is -4.17. The number of nitrogens with zero attached hydrogens (tertiary/aromatic N) is 2. The van der Waals surface area contributed by atoms with E-state index in [0.29, 0.717) is 0 Å². The smallest absolute Gasteiger partial charge is 0.393 e. The van der Waals surface area contributed by atoms with Crippen molar-refractivity contribution >= 4 is 10.1 Å². The minimum atomic E-state index is -6.23. The Morgan fingerprint density at radius 3 is 2.08 bits per heavy atom. The van der Waals surface area contributed by atoms with Crippen LogP contribution in [0.3, 0.4) is 0 Å². The standard InChI is InChI=1S/C12H23N2.C2H2F4O3S/c1-3-4-5-6-7-8-9-14-11-10-13(2)12-14;3-1(4)2(5,6)10(7,8)9/h10-12H,3-9H2,1-2H3;1H,(H,7,8,9)/q+1;/p-1. The SMILES string of the molecule is CCCCCCCCn1cc[n+](C)c1.O=S(=O)([O-])C(F)(F)C(F)F. The molecule has 1 heterocycles. The third-order valence-corrected chi connectivity index (χ3v) is 4.03. The second kappa shape index (κ2) is 10.7. The molecule has 0 saturated carbocycles. The van der Waals surface area contributed by atoms with Crippen LogP contribution in [0, 0.1) is 0 Å². The van der Waals surface area contributed by atoms with Gasteiger partial charge in [0.2, 0.25) is 6.33 Å². The fourth-order valence-electron chi connectivity index (χ4n) is 1.82. The quantitative estimate of drug-likeness (QED) is 0.288. The number of hydrogen-bond donors (Lipinski definition) is 0. The van der Waals surface area contributed by atoms with E-state index in [9.17, 15) is 30.5 Å². The van der Waals surface area contributed by atoms with E-state index in [1.807, 2.05) is 0 Å². The molecule has 0 unspecified atom stereocenters. The summed E-state index contributed by atoms with van der Waals surface area (Å²) in [6.07, 6.45) is 10.2. The topological polar surface area (TPSA) is 66.0 Å². The molecule has 0 bridgehead atoms. The van der Waals surface area contributed by atoms with Crippen molar-refractivity contribution in [3.05, 3.63) is 18.7 Å². The lowest BCUT2D eigenvalue weighted by molar-refractivity contribution is -0.671. The van der Waals surface area contributed by atoms with E-state index < -0.39 is 21.8 Å². The molecule has 1 rings (SSSR count). The van der Waals surface area contributed by atoms with Gasteiger partial charge in [0.05, 0.1) is 13.6 Å². The Bertz CT molecular complexity index is 562. The van der Waals surface area contributed by atoms with Gasteiger partial charge in [-0.25, -0.2) is 26.3 Å². The van der Waals surface area contributed by atoms with Crippen LogP contribution in [0.15, 0.2) is 18.7 Å². The van der Waals surface area contributed by atoms with Gasteiger partial charge in [0, 0.05) is 0 Å². The summed E-state index contributed by atoms with van der Waals surface area (Å²) in [5, 5.41) is -5.48. The summed E-state index contributed by atoms with van der Waals surface area (Å²) in [5.41, 5.74) is 0. The molecule has 0 aliphatic heterocycles. The number of imidazole rings is 1. The Morgan fingerprint density at radius 1 is 1.17 bits per heavy atom. The van der Waals surface area contributed by atoms with Gasteiger partial charge in [-0.2, -0.15) is 8.78 Å². The zero-order chi connectivity index (χ0) is 18.8. The Morgan fingerprint density at radius 2 is 1.71 bits per heavy atom. The highest BCUT2D eigenvalue weighted by molar-refractivity contribution is 7.86. The van der Waals surface area contributed by atoms with E-state index in [1.165, 1.54) is 45.1 Å². The Labute approximate surface area is 140 Å². The lowest BCUT2D eigenvalue weighted by Gasteiger charge is -2.17. The van der Waals surface area contributed by atoms with Crippen LogP contribution in [0.5, 0.6) is 0 Å². The highest BCUT2D eigenvalue weighted by atomic mass is 32.2. The largest absolute Gasteiger partial charge is 0.743 e. The van der Waals surface area contributed by atoms with Gasteiger partial charge < -0.3 is 4.55 Å². The number of aromatic nitrogens is 2. The van der Waals surface area contributed by atoms with Crippen molar-refractivity contribution in [2.45, 2.75) is 63.7 Å². The van der Waals surface area contributed by atoms with Crippen molar-refractivity contribution in [2.75, 3.05) is 0 Å². The van der Waals surface area contributed by atoms with Crippen LogP contribution in [0.25, 0.3) is 0 Å². The van der Waals surface area contributed by atoms with Crippen LogP contribution >= 0.6 is 0 Å². The third-order valence-electron chi connectivity index (χ3n) is 3.18. The molecule has 0 aliphatic carbocycles. The number of halogens is 4. The summed E-state index contributed by atoms with van der Waals surface area (Å²) in [6.45, 7) is 3.44.